The minimum Gasteiger partial charge on any atom is -0.373 e. The van der Waals surface area contributed by atoms with Gasteiger partial charge in [-0.1, -0.05) is 30.3 Å². The van der Waals surface area contributed by atoms with E-state index in [9.17, 15) is 4.79 Å². The zero-order valence-corrected chi connectivity index (χ0v) is 11.8. The number of carbonyl (C=O) groups is 1. The lowest BCUT2D eigenvalue weighted by Crippen LogP contribution is -2.33. The summed E-state index contributed by atoms with van der Waals surface area (Å²) >= 11 is 0. The van der Waals surface area contributed by atoms with E-state index in [1.165, 1.54) is 0 Å². The van der Waals surface area contributed by atoms with Crippen molar-refractivity contribution in [2.24, 2.45) is 5.73 Å². The molecular formula is C14H18N6O. The summed E-state index contributed by atoms with van der Waals surface area (Å²) in [6.07, 6.45) is 0. The van der Waals surface area contributed by atoms with Crippen LogP contribution in [0.25, 0.3) is 11.4 Å². The predicted octanol–water partition coefficient (Wildman–Crippen LogP) is 1.27. The maximum atomic E-state index is 10.6. The molecule has 0 fully saturated rings. The second kappa shape index (κ2) is 7.09. The summed E-state index contributed by atoms with van der Waals surface area (Å²) in [5, 5.41) is 8.64. The zero-order valence-electron chi connectivity index (χ0n) is 11.8. The van der Waals surface area contributed by atoms with E-state index < -0.39 is 6.03 Å². The van der Waals surface area contributed by atoms with Gasteiger partial charge in [-0.2, -0.15) is 0 Å². The Labute approximate surface area is 123 Å². The Morgan fingerprint density at radius 3 is 2.52 bits per heavy atom. The highest BCUT2D eigenvalue weighted by Crippen LogP contribution is 2.19. The first-order valence-electron chi connectivity index (χ1n) is 6.58. The van der Waals surface area contributed by atoms with Crippen molar-refractivity contribution in [2.45, 2.75) is 0 Å². The molecule has 7 heteroatoms. The zero-order chi connectivity index (χ0) is 15.1. The number of urea groups is 1. The predicted molar refractivity (Wildman–Crippen MR) is 83.1 cm³/mol. The molecule has 2 rings (SSSR count). The van der Waals surface area contributed by atoms with Gasteiger partial charge in [-0.3, -0.25) is 0 Å². The van der Waals surface area contributed by atoms with E-state index in [0.29, 0.717) is 30.5 Å². The van der Waals surface area contributed by atoms with Crippen molar-refractivity contribution >= 4 is 17.7 Å². The number of primary amides is 1. The molecule has 1 aromatic heterocycles. The average molecular weight is 286 g/mol. The highest BCUT2D eigenvalue weighted by molar-refractivity contribution is 5.71. The molecular weight excluding hydrogens is 268 g/mol. The van der Waals surface area contributed by atoms with Crippen molar-refractivity contribution in [1.29, 1.82) is 0 Å². The van der Waals surface area contributed by atoms with Gasteiger partial charge in [0.1, 0.15) is 11.6 Å². The molecule has 0 bridgehead atoms. The van der Waals surface area contributed by atoms with Gasteiger partial charge >= 0.3 is 6.03 Å². The molecule has 1 heterocycles. The highest BCUT2D eigenvalue weighted by Gasteiger charge is 2.05. The van der Waals surface area contributed by atoms with E-state index in [2.05, 4.69) is 25.9 Å². The van der Waals surface area contributed by atoms with Gasteiger partial charge in [0, 0.05) is 31.8 Å². The fraction of sp³-hybridized carbons (Fsp3) is 0.214. The maximum absolute atomic E-state index is 10.6. The number of nitrogens with one attached hydrogen (secondary N) is 3. The standard InChI is InChI=1S/C14H18N6O/c1-16-11-9-12(17-7-8-18-14(15)21)20-13(19-11)10-5-3-2-4-6-10/h2-6,9H,7-8H2,1H3,(H3,15,18,21)(H2,16,17,19,20). The van der Waals surface area contributed by atoms with E-state index >= 15 is 0 Å². The van der Waals surface area contributed by atoms with E-state index in [1.54, 1.807) is 13.1 Å². The largest absolute Gasteiger partial charge is 0.373 e. The Morgan fingerprint density at radius 2 is 1.86 bits per heavy atom. The number of anilines is 2. The fourth-order valence-corrected chi connectivity index (χ4v) is 1.76. The molecule has 0 aliphatic rings. The second-order valence-electron chi connectivity index (χ2n) is 4.30. The summed E-state index contributed by atoms with van der Waals surface area (Å²) < 4.78 is 0. The van der Waals surface area contributed by atoms with Crippen molar-refractivity contribution in [3.63, 3.8) is 0 Å². The van der Waals surface area contributed by atoms with Crippen molar-refractivity contribution in [1.82, 2.24) is 15.3 Å². The van der Waals surface area contributed by atoms with Gasteiger partial charge in [0.25, 0.3) is 0 Å². The lowest BCUT2D eigenvalue weighted by Gasteiger charge is -2.10. The van der Waals surface area contributed by atoms with Gasteiger partial charge < -0.3 is 21.7 Å². The quantitative estimate of drug-likeness (QED) is 0.598. The lowest BCUT2D eigenvalue weighted by molar-refractivity contribution is 0.249. The third kappa shape index (κ3) is 4.34. The Morgan fingerprint density at radius 1 is 1.14 bits per heavy atom. The number of nitrogens with zero attached hydrogens (tertiary/aromatic N) is 2. The first kappa shape index (κ1) is 14.6. The summed E-state index contributed by atoms with van der Waals surface area (Å²) in [5.74, 6) is 2.03. The molecule has 0 atom stereocenters. The van der Waals surface area contributed by atoms with Crippen LogP contribution in [0.5, 0.6) is 0 Å². The minimum absolute atomic E-state index is 0.425. The van der Waals surface area contributed by atoms with Gasteiger partial charge in [0.05, 0.1) is 0 Å². The van der Waals surface area contributed by atoms with Crippen molar-refractivity contribution < 1.29 is 4.79 Å². The van der Waals surface area contributed by atoms with Crippen molar-refractivity contribution in [2.75, 3.05) is 30.8 Å². The smallest absolute Gasteiger partial charge is 0.312 e. The summed E-state index contributed by atoms with van der Waals surface area (Å²) in [7, 11) is 1.80. The minimum atomic E-state index is -0.541. The van der Waals surface area contributed by atoms with E-state index in [0.717, 1.165) is 5.56 Å². The third-order valence-corrected chi connectivity index (χ3v) is 2.74. The lowest BCUT2D eigenvalue weighted by atomic mass is 10.2. The SMILES string of the molecule is CNc1cc(NCCNC(N)=O)nc(-c2ccccc2)n1. The molecule has 0 aliphatic carbocycles. The molecule has 2 amide bonds. The topological polar surface area (TPSA) is 105 Å². The maximum Gasteiger partial charge on any atom is 0.312 e. The Bertz CT molecular complexity index is 602. The van der Waals surface area contributed by atoms with Crippen LogP contribution in [0, 0.1) is 0 Å². The number of aromatic nitrogens is 2. The van der Waals surface area contributed by atoms with Crippen LogP contribution in [0.4, 0.5) is 16.4 Å². The summed E-state index contributed by atoms with van der Waals surface area (Å²) in [4.78, 5) is 19.5. The van der Waals surface area contributed by atoms with Gasteiger partial charge in [-0.15, -0.1) is 0 Å². The third-order valence-electron chi connectivity index (χ3n) is 2.74. The molecule has 0 unspecified atom stereocenters. The molecule has 0 saturated carbocycles. The van der Waals surface area contributed by atoms with Gasteiger partial charge in [0.2, 0.25) is 0 Å². The number of hydrogen-bond donors (Lipinski definition) is 4. The van der Waals surface area contributed by atoms with Crippen LogP contribution in [0.3, 0.4) is 0 Å². The van der Waals surface area contributed by atoms with E-state index in [-0.39, 0.29) is 0 Å². The Kier molecular flexibility index (Phi) is 4.92. The number of amides is 2. The van der Waals surface area contributed by atoms with Crippen LogP contribution < -0.4 is 21.7 Å². The number of hydrogen-bond acceptors (Lipinski definition) is 5. The van der Waals surface area contributed by atoms with Gasteiger partial charge in [0.15, 0.2) is 5.82 Å². The second-order valence-corrected chi connectivity index (χ2v) is 4.30. The average Bonchev–Trinajstić information content (AvgIpc) is 2.52. The first-order valence-corrected chi connectivity index (χ1v) is 6.58. The van der Waals surface area contributed by atoms with Crippen LogP contribution in [-0.4, -0.2) is 36.1 Å². The molecule has 5 N–H and O–H groups in total. The molecule has 110 valence electrons. The molecule has 0 saturated heterocycles. The van der Waals surface area contributed by atoms with Crippen molar-refractivity contribution in [3.8, 4) is 11.4 Å². The van der Waals surface area contributed by atoms with Crippen LogP contribution in [0.2, 0.25) is 0 Å². The van der Waals surface area contributed by atoms with Crippen LogP contribution >= 0.6 is 0 Å². The summed E-state index contributed by atoms with van der Waals surface area (Å²) in [6, 6.07) is 11.0. The van der Waals surface area contributed by atoms with Crippen LogP contribution in [-0.2, 0) is 0 Å². The Hall–Kier alpha value is -2.83. The summed E-state index contributed by atoms with van der Waals surface area (Å²) in [6.45, 7) is 0.951. The molecule has 0 radical (unpaired) electrons. The number of benzene rings is 1. The molecule has 21 heavy (non-hydrogen) atoms. The van der Waals surface area contributed by atoms with Crippen LogP contribution in [0.15, 0.2) is 36.4 Å². The highest BCUT2D eigenvalue weighted by atomic mass is 16.2. The van der Waals surface area contributed by atoms with E-state index in [1.807, 2.05) is 30.3 Å². The molecule has 0 spiro atoms. The van der Waals surface area contributed by atoms with Crippen molar-refractivity contribution in [3.05, 3.63) is 36.4 Å². The summed E-state index contributed by atoms with van der Waals surface area (Å²) in [5.41, 5.74) is 5.94. The number of rotatable bonds is 6. The normalized spacial score (nSPS) is 9.95. The van der Waals surface area contributed by atoms with E-state index in [4.69, 9.17) is 5.73 Å². The fourth-order valence-electron chi connectivity index (χ4n) is 1.76. The number of nitrogens with two attached hydrogens (primary N) is 1. The Balaban J connectivity index is 2.12. The molecule has 1 aromatic carbocycles. The molecule has 0 aliphatic heterocycles. The monoisotopic (exact) mass is 286 g/mol. The van der Waals surface area contributed by atoms with Crippen LogP contribution in [0.1, 0.15) is 0 Å². The molecule has 2 aromatic rings. The van der Waals surface area contributed by atoms with Gasteiger partial charge in [-0.25, -0.2) is 14.8 Å². The molecule has 7 nitrogen and oxygen atoms in total. The first-order chi connectivity index (χ1) is 10.2. The number of carbonyl (C=O) groups excluding carboxylic acids is 1. The van der Waals surface area contributed by atoms with Gasteiger partial charge in [-0.05, 0) is 0 Å².